The number of rotatable bonds is 2. The molecule has 0 amide bonds. The van der Waals surface area contributed by atoms with Crippen molar-refractivity contribution in [3.63, 3.8) is 0 Å². The number of ether oxygens (including phenoxy) is 1. The van der Waals surface area contributed by atoms with Crippen molar-refractivity contribution < 1.29 is 17.9 Å². The lowest BCUT2D eigenvalue weighted by molar-refractivity contribution is -0.153. The van der Waals surface area contributed by atoms with Crippen LogP contribution in [0.3, 0.4) is 0 Å². The van der Waals surface area contributed by atoms with Gasteiger partial charge in [-0.05, 0) is 25.5 Å². The Morgan fingerprint density at radius 1 is 1.26 bits per heavy atom. The standard InChI is InChI=1S/C13H11ClF3NO/c1-7-8(2)18-12-9(11(7)14)4-3-5-10(12)19-6-13(15,16)17/h3-5H,6H2,1-2H3. The number of aryl methyl sites for hydroxylation is 1. The zero-order valence-electron chi connectivity index (χ0n) is 10.3. The Morgan fingerprint density at radius 2 is 1.95 bits per heavy atom. The van der Waals surface area contributed by atoms with E-state index in [0.29, 0.717) is 21.6 Å². The van der Waals surface area contributed by atoms with Crippen LogP contribution in [0, 0.1) is 13.8 Å². The molecule has 2 nitrogen and oxygen atoms in total. The average molecular weight is 290 g/mol. The third-order valence-electron chi connectivity index (χ3n) is 2.78. The summed E-state index contributed by atoms with van der Waals surface area (Å²) in [4.78, 5) is 4.26. The van der Waals surface area contributed by atoms with Crippen LogP contribution in [0.15, 0.2) is 18.2 Å². The first-order valence-corrected chi connectivity index (χ1v) is 5.92. The second-order valence-corrected chi connectivity index (χ2v) is 4.57. The van der Waals surface area contributed by atoms with Gasteiger partial charge < -0.3 is 4.74 Å². The SMILES string of the molecule is Cc1nc2c(OCC(F)(F)F)cccc2c(Cl)c1C. The summed E-state index contributed by atoms with van der Waals surface area (Å²) in [5.41, 5.74) is 1.82. The minimum absolute atomic E-state index is 0.0832. The van der Waals surface area contributed by atoms with Gasteiger partial charge in [-0.25, -0.2) is 4.98 Å². The van der Waals surface area contributed by atoms with Crippen LogP contribution in [-0.4, -0.2) is 17.8 Å². The number of halogens is 4. The second-order valence-electron chi connectivity index (χ2n) is 4.19. The molecule has 0 saturated heterocycles. The van der Waals surface area contributed by atoms with E-state index in [0.717, 1.165) is 5.56 Å². The molecule has 0 unspecified atom stereocenters. The predicted molar refractivity (Wildman–Crippen MR) is 67.8 cm³/mol. The molecule has 0 N–H and O–H groups in total. The molecule has 0 bridgehead atoms. The number of fused-ring (bicyclic) bond motifs is 1. The summed E-state index contributed by atoms with van der Waals surface area (Å²) in [6.45, 7) is 2.22. The molecular weight excluding hydrogens is 279 g/mol. The number of benzene rings is 1. The van der Waals surface area contributed by atoms with Gasteiger partial charge in [0.2, 0.25) is 0 Å². The minimum atomic E-state index is -4.38. The van der Waals surface area contributed by atoms with Gasteiger partial charge in [-0.2, -0.15) is 13.2 Å². The lowest BCUT2D eigenvalue weighted by Gasteiger charge is -2.13. The largest absolute Gasteiger partial charge is 0.482 e. The van der Waals surface area contributed by atoms with E-state index in [1.807, 2.05) is 6.92 Å². The van der Waals surface area contributed by atoms with E-state index in [9.17, 15) is 13.2 Å². The van der Waals surface area contributed by atoms with Crippen molar-refractivity contribution in [1.29, 1.82) is 0 Å². The second kappa shape index (κ2) is 4.89. The van der Waals surface area contributed by atoms with E-state index in [4.69, 9.17) is 16.3 Å². The number of aromatic nitrogens is 1. The highest BCUT2D eigenvalue weighted by Crippen LogP contribution is 2.33. The Kier molecular flexibility index (Phi) is 3.58. The number of pyridine rings is 1. The van der Waals surface area contributed by atoms with Crippen molar-refractivity contribution >= 4 is 22.5 Å². The maximum Gasteiger partial charge on any atom is 0.422 e. The quantitative estimate of drug-likeness (QED) is 0.815. The average Bonchev–Trinajstić information content (AvgIpc) is 2.33. The van der Waals surface area contributed by atoms with Gasteiger partial charge in [0.15, 0.2) is 6.61 Å². The molecule has 0 radical (unpaired) electrons. The van der Waals surface area contributed by atoms with Crippen LogP contribution in [0.5, 0.6) is 5.75 Å². The van der Waals surface area contributed by atoms with Gasteiger partial charge in [0, 0.05) is 11.1 Å². The van der Waals surface area contributed by atoms with Gasteiger partial charge in [0.25, 0.3) is 0 Å². The van der Waals surface area contributed by atoms with Gasteiger partial charge in [0.1, 0.15) is 11.3 Å². The summed E-state index contributed by atoms with van der Waals surface area (Å²) < 4.78 is 41.4. The number of hydrogen-bond acceptors (Lipinski definition) is 2. The minimum Gasteiger partial charge on any atom is -0.482 e. The van der Waals surface area contributed by atoms with E-state index in [1.165, 1.54) is 6.07 Å². The van der Waals surface area contributed by atoms with Crippen LogP contribution in [0.25, 0.3) is 10.9 Å². The monoisotopic (exact) mass is 289 g/mol. The van der Waals surface area contributed by atoms with Gasteiger partial charge in [-0.3, -0.25) is 0 Å². The normalized spacial score (nSPS) is 11.9. The third-order valence-corrected chi connectivity index (χ3v) is 3.27. The maximum atomic E-state index is 12.2. The Hall–Kier alpha value is -1.49. The summed E-state index contributed by atoms with van der Waals surface area (Å²) in [5, 5.41) is 1.07. The zero-order valence-corrected chi connectivity index (χ0v) is 11.1. The highest BCUT2D eigenvalue weighted by atomic mass is 35.5. The zero-order chi connectivity index (χ0) is 14.2. The van der Waals surface area contributed by atoms with Crippen molar-refractivity contribution in [2.45, 2.75) is 20.0 Å². The molecule has 0 spiro atoms. The maximum absolute atomic E-state index is 12.2. The fraction of sp³-hybridized carbons (Fsp3) is 0.308. The first-order chi connectivity index (χ1) is 8.79. The fourth-order valence-electron chi connectivity index (χ4n) is 1.70. The lowest BCUT2D eigenvalue weighted by atomic mass is 10.1. The summed E-state index contributed by atoms with van der Waals surface area (Å²) in [6.07, 6.45) is -4.38. The summed E-state index contributed by atoms with van der Waals surface area (Å²) in [7, 11) is 0. The van der Waals surface area contributed by atoms with E-state index in [2.05, 4.69) is 4.98 Å². The van der Waals surface area contributed by atoms with Crippen LogP contribution in [0.2, 0.25) is 5.02 Å². The van der Waals surface area contributed by atoms with E-state index in [-0.39, 0.29) is 5.75 Å². The Morgan fingerprint density at radius 3 is 2.58 bits per heavy atom. The van der Waals surface area contributed by atoms with Crippen LogP contribution >= 0.6 is 11.6 Å². The summed E-state index contributed by atoms with van der Waals surface area (Å²) in [5.74, 6) is 0.0832. The molecule has 0 aliphatic heterocycles. The molecule has 0 saturated carbocycles. The van der Waals surface area contributed by atoms with E-state index in [1.54, 1.807) is 19.1 Å². The molecular formula is C13H11ClF3NO. The molecule has 0 atom stereocenters. The number of nitrogens with zero attached hydrogens (tertiary/aromatic N) is 1. The molecule has 0 fully saturated rings. The van der Waals surface area contributed by atoms with E-state index >= 15 is 0 Å². The first-order valence-electron chi connectivity index (χ1n) is 5.54. The van der Waals surface area contributed by atoms with Gasteiger partial charge in [-0.15, -0.1) is 0 Å². The third kappa shape index (κ3) is 2.92. The molecule has 2 rings (SSSR count). The van der Waals surface area contributed by atoms with E-state index < -0.39 is 12.8 Å². The smallest absolute Gasteiger partial charge is 0.422 e. The van der Waals surface area contributed by atoms with Crippen molar-refractivity contribution in [2.75, 3.05) is 6.61 Å². The van der Waals surface area contributed by atoms with Gasteiger partial charge >= 0.3 is 6.18 Å². The number of hydrogen-bond donors (Lipinski definition) is 0. The molecule has 0 aliphatic rings. The molecule has 102 valence electrons. The van der Waals surface area contributed by atoms with Gasteiger partial charge in [0.05, 0.1) is 5.02 Å². The highest BCUT2D eigenvalue weighted by molar-refractivity contribution is 6.36. The van der Waals surface area contributed by atoms with Crippen molar-refractivity contribution in [3.8, 4) is 5.75 Å². The van der Waals surface area contributed by atoms with Gasteiger partial charge in [-0.1, -0.05) is 23.7 Å². The van der Waals surface area contributed by atoms with Crippen molar-refractivity contribution in [1.82, 2.24) is 4.98 Å². The fourth-order valence-corrected chi connectivity index (χ4v) is 1.99. The highest BCUT2D eigenvalue weighted by Gasteiger charge is 2.28. The first kappa shape index (κ1) is 13.9. The summed E-state index contributed by atoms with van der Waals surface area (Å²) >= 11 is 6.18. The van der Waals surface area contributed by atoms with Crippen molar-refractivity contribution in [3.05, 3.63) is 34.5 Å². The molecule has 1 aromatic heterocycles. The van der Waals surface area contributed by atoms with Crippen LogP contribution in [0.1, 0.15) is 11.3 Å². The van der Waals surface area contributed by atoms with Crippen LogP contribution in [0.4, 0.5) is 13.2 Å². The number of para-hydroxylation sites is 1. The Balaban J connectivity index is 2.51. The van der Waals surface area contributed by atoms with Crippen LogP contribution < -0.4 is 4.74 Å². The molecule has 2 aromatic rings. The molecule has 1 aromatic carbocycles. The topological polar surface area (TPSA) is 22.1 Å². The lowest BCUT2D eigenvalue weighted by Crippen LogP contribution is -2.19. The molecule has 0 aliphatic carbocycles. The predicted octanol–water partition coefficient (Wildman–Crippen LogP) is 4.45. The Labute approximate surface area is 113 Å². The van der Waals surface area contributed by atoms with Crippen LogP contribution in [-0.2, 0) is 0 Å². The number of alkyl halides is 3. The summed E-state index contributed by atoms with van der Waals surface area (Å²) in [6, 6.07) is 4.75. The molecule has 6 heteroatoms. The molecule has 19 heavy (non-hydrogen) atoms. The molecule has 1 heterocycles. The Bertz CT molecular complexity index is 625. The van der Waals surface area contributed by atoms with Crippen molar-refractivity contribution in [2.24, 2.45) is 0 Å².